The van der Waals surface area contributed by atoms with Crippen molar-refractivity contribution in [3.63, 3.8) is 0 Å². The number of guanidine groups is 1. The fraction of sp³-hybridized carbons (Fsp3) is 0.150. The van der Waals surface area contributed by atoms with Crippen LogP contribution in [0.1, 0.15) is 22.8 Å². The summed E-state index contributed by atoms with van der Waals surface area (Å²) in [5.74, 6) is 0.460. The van der Waals surface area contributed by atoms with Crippen LogP contribution >= 0.6 is 15.9 Å². The van der Waals surface area contributed by atoms with Crippen LogP contribution in [0.3, 0.4) is 0 Å². The Morgan fingerprint density at radius 3 is 2.93 bits per heavy atom. The summed E-state index contributed by atoms with van der Waals surface area (Å²) in [6, 6.07) is 16.3. The minimum atomic E-state index is -0.207. The lowest BCUT2D eigenvalue weighted by molar-refractivity contribution is 0.184. The highest BCUT2D eigenvalue weighted by atomic mass is 79.9. The summed E-state index contributed by atoms with van der Waals surface area (Å²) in [7, 11) is 0. The molecular formula is C20H19BrN6O. The number of nitrogens with one attached hydrogen (secondary N) is 2. The molecule has 0 amide bonds. The number of allylic oxidation sites excluding steroid dienone is 1. The number of rotatable bonds is 4. The van der Waals surface area contributed by atoms with E-state index in [1.165, 1.54) is 5.56 Å². The standard InChI is InChI=1S/C20H19BrN6O/c1-14-4-2-5-15(10-14)13-27-20(24-25-26-27)23-22-18-8-9-28-19(12-18)16-6-3-7-17(21)11-16/h2-12,19,25-26H,13H2,1H3. The number of benzene rings is 2. The Balaban J connectivity index is 1.46. The summed E-state index contributed by atoms with van der Waals surface area (Å²) < 4.78 is 6.69. The molecule has 0 fully saturated rings. The van der Waals surface area contributed by atoms with Gasteiger partial charge in [0.05, 0.1) is 18.5 Å². The molecule has 2 aromatic rings. The van der Waals surface area contributed by atoms with E-state index in [0.29, 0.717) is 18.2 Å². The number of hydrazone groups is 1. The van der Waals surface area contributed by atoms with Gasteiger partial charge in [-0.2, -0.15) is 0 Å². The number of hydrazine groups is 2. The molecule has 4 rings (SSSR count). The van der Waals surface area contributed by atoms with E-state index in [9.17, 15) is 0 Å². The predicted octanol–water partition coefficient (Wildman–Crippen LogP) is 4.47. The molecule has 2 aromatic carbocycles. The first-order chi connectivity index (χ1) is 13.7. The third-order valence-electron chi connectivity index (χ3n) is 4.22. The first kappa shape index (κ1) is 18.4. The highest BCUT2D eigenvalue weighted by Gasteiger charge is 2.18. The van der Waals surface area contributed by atoms with Crippen molar-refractivity contribution in [3.05, 3.63) is 93.8 Å². The number of halogens is 1. The van der Waals surface area contributed by atoms with Gasteiger partial charge in [0.1, 0.15) is 6.10 Å². The topological polar surface area (TPSA) is 73.6 Å². The third-order valence-corrected chi connectivity index (χ3v) is 4.72. The molecule has 2 aliphatic rings. The molecule has 0 saturated carbocycles. The quantitative estimate of drug-likeness (QED) is 0.690. The highest BCUT2D eigenvalue weighted by Crippen LogP contribution is 2.27. The van der Waals surface area contributed by atoms with Gasteiger partial charge in [0.2, 0.25) is 0 Å². The number of hydrogen-bond acceptors (Lipinski definition) is 7. The van der Waals surface area contributed by atoms with Crippen molar-refractivity contribution in [1.29, 1.82) is 0 Å². The van der Waals surface area contributed by atoms with Crippen molar-refractivity contribution in [2.24, 2.45) is 15.3 Å². The van der Waals surface area contributed by atoms with E-state index in [2.05, 4.69) is 67.5 Å². The lowest BCUT2D eigenvalue weighted by Crippen LogP contribution is -2.39. The van der Waals surface area contributed by atoms with Gasteiger partial charge in [-0.15, -0.1) is 20.9 Å². The average Bonchev–Trinajstić information content (AvgIpc) is 3.13. The minimum Gasteiger partial charge on any atom is -0.489 e. The normalized spacial score (nSPS) is 18.6. The van der Waals surface area contributed by atoms with Gasteiger partial charge in [-0.25, -0.2) is 10.5 Å². The Bertz CT molecular complexity index is 984. The van der Waals surface area contributed by atoms with Crippen LogP contribution in [0.25, 0.3) is 0 Å². The van der Waals surface area contributed by atoms with Crippen LogP contribution in [0, 0.1) is 6.92 Å². The summed E-state index contributed by atoms with van der Waals surface area (Å²) in [5, 5.41) is 14.6. The monoisotopic (exact) mass is 438 g/mol. The van der Waals surface area contributed by atoms with Gasteiger partial charge in [0.25, 0.3) is 5.96 Å². The number of nitrogens with zero attached hydrogens (tertiary/aromatic N) is 4. The Morgan fingerprint density at radius 1 is 1.18 bits per heavy atom. The third kappa shape index (κ3) is 4.47. The van der Waals surface area contributed by atoms with Crippen LogP contribution in [-0.2, 0) is 11.3 Å². The van der Waals surface area contributed by atoms with Gasteiger partial charge in [0, 0.05) is 10.5 Å². The molecular weight excluding hydrogens is 420 g/mol. The number of aryl methyl sites for hydroxylation is 1. The van der Waals surface area contributed by atoms with Crippen molar-refractivity contribution in [1.82, 2.24) is 16.1 Å². The second-order valence-corrected chi connectivity index (χ2v) is 7.33. The second kappa shape index (κ2) is 8.37. The molecule has 0 radical (unpaired) electrons. The van der Waals surface area contributed by atoms with E-state index < -0.39 is 0 Å². The van der Waals surface area contributed by atoms with E-state index in [1.807, 2.05) is 36.4 Å². The van der Waals surface area contributed by atoms with E-state index in [1.54, 1.807) is 17.3 Å². The van der Waals surface area contributed by atoms with Gasteiger partial charge < -0.3 is 4.74 Å². The van der Waals surface area contributed by atoms with Crippen LogP contribution in [0.2, 0.25) is 0 Å². The van der Waals surface area contributed by atoms with Gasteiger partial charge in [-0.3, -0.25) is 0 Å². The maximum Gasteiger partial charge on any atom is 0.279 e. The van der Waals surface area contributed by atoms with Crippen LogP contribution in [0.15, 0.2) is 92.4 Å². The lowest BCUT2D eigenvalue weighted by Gasteiger charge is -2.17. The Labute approximate surface area is 171 Å². The smallest absolute Gasteiger partial charge is 0.279 e. The molecule has 0 aromatic heterocycles. The predicted molar refractivity (Wildman–Crippen MR) is 110 cm³/mol. The molecule has 2 N–H and O–H groups in total. The molecule has 28 heavy (non-hydrogen) atoms. The van der Waals surface area contributed by atoms with Crippen molar-refractivity contribution in [3.8, 4) is 0 Å². The maximum absolute atomic E-state index is 5.69. The molecule has 142 valence electrons. The highest BCUT2D eigenvalue weighted by molar-refractivity contribution is 9.10. The van der Waals surface area contributed by atoms with Gasteiger partial charge in [-0.05, 0) is 36.3 Å². The number of azo groups is 1. The molecule has 0 spiro atoms. The largest absolute Gasteiger partial charge is 0.489 e. The molecule has 8 heteroatoms. The molecule has 0 aliphatic carbocycles. The Hall–Kier alpha value is -2.97. The van der Waals surface area contributed by atoms with Gasteiger partial charge >= 0.3 is 0 Å². The molecule has 1 atom stereocenters. The van der Waals surface area contributed by atoms with Crippen molar-refractivity contribution >= 4 is 21.9 Å². The first-order valence-corrected chi connectivity index (χ1v) is 9.59. The van der Waals surface area contributed by atoms with Gasteiger partial charge in [-0.1, -0.05) is 57.9 Å². The zero-order valence-electron chi connectivity index (χ0n) is 15.2. The Morgan fingerprint density at radius 2 is 2.07 bits per heavy atom. The van der Waals surface area contributed by atoms with Crippen LogP contribution in [0.4, 0.5) is 0 Å². The summed E-state index contributed by atoms with van der Waals surface area (Å²) in [4.78, 5) is 0. The number of hydrogen-bond donors (Lipinski definition) is 2. The maximum atomic E-state index is 5.69. The molecule has 7 nitrogen and oxygen atoms in total. The van der Waals surface area contributed by atoms with Crippen molar-refractivity contribution in [2.45, 2.75) is 19.6 Å². The fourth-order valence-corrected chi connectivity index (χ4v) is 3.31. The summed E-state index contributed by atoms with van der Waals surface area (Å²) in [6.45, 7) is 2.69. The summed E-state index contributed by atoms with van der Waals surface area (Å²) >= 11 is 3.49. The summed E-state index contributed by atoms with van der Waals surface area (Å²) in [5.41, 5.74) is 9.80. The van der Waals surface area contributed by atoms with Crippen LogP contribution < -0.4 is 11.1 Å². The average molecular weight is 439 g/mol. The molecule has 0 bridgehead atoms. The molecule has 2 aliphatic heterocycles. The minimum absolute atomic E-state index is 0.207. The second-order valence-electron chi connectivity index (χ2n) is 6.42. The molecule has 0 saturated heterocycles. The van der Waals surface area contributed by atoms with Crippen molar-refractivity contribution in [2.75, 3.05) is 0 Å². The SMILES string of the molecule is Cc1cccc(CN2NNN=C2N=NC2=CC(c3cccc(Br)c3)OC=C2)c1. The van der Waals surface area contributed by atoms with E-state index in [0.717, 1.165) is 15.6 Å². The van der Waals surface area contributed by atoms with E-state index >= 15 is 0 Å². The fourth-order valence-electron chi connectivity index (χ4n) is 2.90. The lowest BCUT2D eigenvalue weighted by atomic mass is 10.1. The number of ether oxygens (including phenoxy) is 1. The zero-order chi connectivity index (χ0) is 19.3. The summed E-state index contributed by atoms with van der Waals surface area (Å²) in [6.07, 6.45) is 5.13. The zero-order valence-corrected chi connectivity index (χ0v) is 16.8. The molecule has 1 unspecified atom stereocenters. The molecule has 2 heterocycles. The van der Waals surface area contributed by atoms with Gasteiger partial charge in [0.15, 0.2) is 0 Å². The van der Waals surface area contributed by atoms with Crippen LogP contribution in [0.5, 0.6) is 0 Å². The van der Waals surface area contributed by atoms with Crippen molar-refractivity contribution < 1.29 is 4.74 Å². The van der Waals surface area contributed by atoms with E-state index in [4.69, 9.17) is 4.74 Å². The first-order valence-electron chi connectivity index (χ1n) is 8.80. The van der Waals surface area contributed by atoms with E-state index in [-0.39, 0.29) is 6.10 Å². The van der Waals surface area contributed by atoms with Crippen LogP contribution in [-0.4, -0.2) is 11.0 Å². The Kier molecular flexibility index (Phi) is 5.50.